The van der Waals surface area contributed by atoms with Crippen LogP contribution in [0.5, 0.6) is 0 Å². The van der Waals surface area contributed by atoms with Gasteiger partial charge in [-0.1, -0.05) is 13.8 Å². The van der Waals surface area contributed by atoms with Crippen molar-refractivity contribution in [3.05, 3.63) is 0 Å². The molecule has 0 heterocycles. The number of hydrogen-bond acceptors (Lipinski definition) is 3. The molecule has 0 radical (unpaired) electrons. The molecule has 1 fully saturated rings. The Morgan fingerprint density at radius 1 is 1.33 bits per heavy atom. The zero-order valence-electron chi connectivity index (χ0n) is 9.68. The van der Waals surface area contributed by atoms with E-state index in [1.807, 2.05) is 13.8 Å². The third kappa shape index (κ3) is 3.16. The molecule has 0 amide bonds. The van der Waals surface area contributed by atoms with Gasteiger partial charge in [0, 0.05) is 12.6 Å². The molecule has 0 aromatic heterocycles. The summed E-state index contributed by atoms with van der Waals surface area (Å²) < 4.78 is 25.7. The largest absolute Gasteiger partial charge is 0.395 e. The molecule has 1 N–H and O–H groups in total. The van der Waals surface area contributed by atoms with Crippen LogP contribution in [0.2, 0.25) is 0 Å². The fraction of sp³-hybridized carbons (Fsp3) is 1.00. The van der Waals surface area contributed by atoms with Crippen molar-refractivity contribution in [2.75, 3.05) is 13.2 Å². The van der Waals surface area contributed by atoms with Crippen LogP contribution in [0.3, 0.4) is 0 Å². The number of hydrogen-bond donors (Lipinski definition) is 1. The molecule has 1 aliphatic carbocycles. The lowest BCUT2D eigenvalue weighted by atomic mass is 10.2. The third-order valence-corrected chi connectivity index (χ3v) is 4.86. The van der Waals surface area contributed by atoms with Gasteiger partial charge in [0.25, 0.3) is 0 Å². The van der Waals surface area contributed by atoms with Crippen molar-refractivity contribution in [3.63, 3.8) is 0 Å². The Hall–Kier alpha value is -0.130. The van der Waals surface area contributed by atoms with Gasteiger partial charge in [-0.2, -0.15) is 4.31 Å². The van der Waals surface area contributed by atoms with E-state index in [9.17, 15) is 8.42 Å². The molecule has 1 saturated carbocycles. The molecule has 1 aliphatic rings. The molecule has 15 heavy (non-hydrogen) atoms. The van der Waals surface area contributed by atoms with E-state index in [4.69, 9.17) is 5.11 Å². The van der Waals surface area contributed by atoms with Gasteiger partial charge in [-0.3, -0.25) is 0 Å². The number of sulfonamides is 1. The van der Waals surface area contributed by atoms with Crippen LogP contribution in [-0.2, 0) is 10.0 Å². The van der Waals surface area contributed by atoms with Gasteiger partial charge in [-0.05, 0) is 25.7 Å². The molecule has 4 nitrogen and oxygen atoms in total. The van der Waals surface area contributed by atoms with E-state index in [0.29, 0.717) is 12.5 Å². The Balaban J connectivity index is 2.78. The average Bonchev–Trinajstić information content (AvgIpc) is 2.95. The molecule has 5 heteroatoms. The molecule has 1 atom stereocenters. The van der Waals surface area contributed by atoms with Crippen LogP contribution in [-0.4, -0.2) is 42.3 Å². The van der Waals surface area contributed by atoms with Crippen molar-refractivity contribution >= 4 is 10.0 Å². The molecular weight excluding hydrogens is 214 g/mol. The minimum Gasteiger partial charge on any atom is -0.395 e. The zero-order chi connectivity index (χ0) is 11.6. The first-order valence-electron chi connectivity index (χ1n) is 5.51. The lowest BCUT2D eigenvalue weighted by Crippen LogP contribution is -2.42. The van der Waals surface area contributed by atoms with Crippen molar-refractivity contribution < 1.29 is 13.5 Å². The minimum absolute atomic E-state index is 0.186. The summed E-state index contributed by atoms with van der Waals surface area (Å²) in [6.45, 7) is 5.84. The first-order chi connectivity index (χ1) is 6.89. The Kier molecular flexibility index (Phi) is 4.14. The zero-order valence-corrected chi connectivity index (χ0v) is 10.5. The van der Waals surface area contributed by atoms with Gasteiger partial charge < -0.3 is 5.11 Å². The van der Waals surface area contributed by atoms with E-state index >= 15 is 0 Å². The highest BCUT2D eigenvalue weighted by molar-refractivity contribution is 7.89. The summed E-state index contributed by atoms with van der Waals surface area (Å²) in [4.78, 5) is 0. The molecule has 0 spiro atoms. The molecule has 0 aliphatic heterocycles. The van der Waals surface area contributed by atoms with Crippen LogP contribution in [0.15, 0.2) is 0 Å². The van der Waals surface area contributed by atoms with Crippen LogP contribution >= 0.6 is 0 Å². The summed E-state index contributed by atoms with van der Waals surface area (Å²) in [5.41, 5.74) is 0. The van der Waals surface area contributed by atoms with Gasteiger partial charge in [0.05, 0.1) is 11.9 Å². The van der Waals surface area contributed by atoms with Gasteiger partial charge in [-0.25, -0.2) is 8.42 Å². The highest BCUT2D eigenvalue weighted by Crippen LogP contribution is 2.31. The summed E-state index contributed by atoms with van der Waals surface area (Å²) in [5.74, 6) is 0.325. The number of aliphatic hydroxyl groups is 1. The van der Waals surface area contributed by atoms with Gasteiger partial charge in [0.2, 0.25) is 10.0 Å². The van der Waals surface area contributed by atoms with Gasteiger partial charge in [0.15, 0.2) is 0 Å². The monoisotopic (exact) mass is 235 g/mol. The summed E-state index contributed by atoms with van der Waals surface area (Å²) in [7, 11) is -3.30. The molecule has 0 bridgehead atoms. The van der Waals surface area contributed by atoms with Crippen LogP contribution in [0.25, 0.3) is 0 Å². The molecule has 0 aromatic carbocycles. The van der Waals surface area contributed by atoms with E-state index in [0.717, 1.165) is 12.8 Å². The second-order valence-electron chi connectivity index (χ2n) is 4.73. The van der Waals surface area contributed by atoms with Crippen LogP contribution in [0, 0.1) is 5.92 Å². The molecule has 0 aromatic rings. The van der Waals surface area contributed by atoms with Crippen LogP contribution < -0.4 is 0 Å². The molecular formula is C10H21NO3S. The summed E-state index contributed by atoms with van der Waals surface area (Å²) in [6.07, 6.45) is 1.92. The van der Waals surface area contributed by atoms with E-state index in [2.05, 4.69) is 0 Å². The standard InChI is InChI=1S/C10H21NO3S/c1-8(2)6-11(10-4-5-10)15(13,14)9(3)7-12/h8-10,12H,4-7H2,1-3H3. The fourth-order valence-electron chi connectivity index (χ4n) is 1.51. The maximum atomic E-state index is 12.0. The average molecular weight is 235 g/mol. The van der Waals surface area contributed by atoms with E-state index in [1.54, 1.807) is 11.2 Å². The maximum Gasteiger partial charge on any atom is 0.219 e. The highest BCUT2D eigenvalue weighted by Gasteiger charge is 2.39. The van der Waals surface area contributed by atoms with E-state index in [-0.39, 0.29) is 12.6 Å². The number of rotatable bonds is 6. The lowest BCUT2D eigenvalue weighted by molar-refractivity contribution is 0.284. The van der Waals surface area contributed by atoms with Gasteiger partial charge in [0.1, 0.15) is 0 Å². The third-order valence-electron chi connectivity index (χ3n) is 2.59. The van der Waals surface area contributed by atoms with Crippen LogP contribution in [0.1, 0.15) is 33.6 Å². The smallest absolute Gasteiger partial charge is 0.219 e. The first-order valence-corrected chi connectivity index (χ1v) is 7.01. The Labute approximate surface area is 92.3 Å². The van der Waals surface area contributed by atoms with Gasteiger partial charge in [-0.15, -0.1) is 0 Å². The molecule has 1 rings (SSSR count). The fourth-order valence-corrected chi connectivity index (χ4v) is 3.29. The summed E-state index contributed by atoms with van der Waals surface area (Å²) in [5, 5.41) is 8.27. The highest BCUT2D eigenvalue weighted by atomic mass is 32.2. The maximum absolute atomic E-state index is 12.0. The predicted molar refractivity (Wildman–Crippen MR) is 60.0 cm³/mol. The Bertz CT molecular complexity index is 296. The second-order valence-corrected chi connectivity index (χ2v) is 7.04. The summed E-state index contributed by atoms with van der Waals surface area (Å²) >= 11 is 0. The Morgan fingerprint density at radius 2 is 1.87 bits per heavy atom. The van der Waals surface area contributed by atoms with E-state index in [1.165, 1.54) is 0 Å². The first kappa shape index (κ1) is 12.9. The lowest BCUT2D eigenvalue weighted by Gasteiger charge is -2.26. The SMILES string of the molecule is CC(C)CN(C1CC1)S(=O)(=O)C(C)CO. The van der Waals surface area contributed by atoms with Crippen molar-refractivity contribution in [1.82, 2.24) is 4.31 Å². The van der Waals surface area contributed by atoms with Crippen molar-refractivity contribution in [2.45, 2.75) is 44.9 Å². The number of nitrogens with zero attached hydrogens (tertiary/aromatic N) is 1. The predicted octanol–water partition coefficient (Wildman–Crippen LogP) is 0.817. The topological polar surface area (TPSA) is 57.6 Å². The summed E-state index contributed by atoms with van der Waals surface area (Å²) in [6, 6.07) is 0.186. The normalized spacial score (nSPS) is 19.9. The van der Waals surface area contributed by atoms with Crippen molar-refractivity contribution in [2.24, 2.45) is 5.92 Å². The quantitative estimate of drug-likeness (QED) is 0.741. The van der Waals surface area contributed by atoms with Gasteiger partial charge >= 0.3 is 0 Å². The molecule has 90 valence electrons. The molecule has 0 saturated heterocycles. The van der Waals surface area contributed by atoms with Crippen LogP contribution in [0.4, 0.5) is 0 Å². The Morgan fingerprint density at radius 3 is 2.20 bits per heavy atom. The van der Waals surface area contributed by atoms with Crippen molar-refractivity contribution in [3.8, 4) is 0 Å². The second kappa shape index (κ2) is 4.80. The number of aliphatic hydroxyl groups excluding tert-OH is 1. The minimum atomic E-state index is -3.30. The van der Waals surface area contributed by atoms with Crippen molar-refractivity contribution in [1.29, 1.82) is 0 Å². The molecule has 1 unspecified atom stereocenters. The van der Waals surface area contributed by atoms with E-state index < -0.39 is 15.3 Å².